The van der Waals surface area contributed by atoms with Crippen molar-refractivity contribution in [2.24, 2.45) is 5.92 Å². The molecule has 7 nitrogen and oxygen atoms in total. The number of carbonyl (C=O) groups excluding carboxylic acids is 2. The van der Waals surface area contributed by atoms with Gasteiger partial charge in [0.2, 0.25) is 11.8 Å². The number of rotatable bonds is 5. The van der Waals surface area contributed by atoms with Crippen molar-refractivity contribution < 1.29 is 9.59 Å². The summed E-state index contributed by atoms with van der Waals surface area (Å²) >= 11 is 0. The van der Waals surface area contributed by atoms with E-state index in [9.17, 15) is 9.59 Å². The van der Waals surface area contributed by atoms with Crippen molar-refractivity contribution in [2.75, 3.05) is 26.2 Å². The third kappa shape index (κ3) is 4.43. The van der Waals surface area contributed by atoms with Gasteiger partial charge in [-0.05, 0) is 37.7 Å². The van der Waals surface area contributed by atoms with Gasteiger partial charge < -0.3 is 14.4 Å². The molecule has 0 saturated carbocycles. The smallest absolute Gasteiger partial charge is 0.228 e. The lowest BCUT2D eigenvalue weighted by molar-refractivity contribution is -0.137. The highest BCUT2D eigenvalue weighted by atomic mass is 16.2. The van der Waals surface area contributed by atoms with Crippen molar-refractivity contribution in [3.63, 3.8) is 0 Å². The number of carbonyl (C=O) groups is 2. The van der Waals surface area contributed by atoms with Crippen LogP contribution < -0.4 is 0 Å². The molecule has 4 heterocycles. The van der Waals surface area contributed by atoms with E-state index in [1.165, 1.54) is 24.8 Å². The third-order valence-electron chi connectivity index (χ3n) is 7.31. The summed E-state index contributed by atoms with van der Waals surface area (Å²) in [5.41, 5.74) is 1.22. The summed E-state index contributed by atoms with van der Waals surface area (Å²) < 4.78 is 2.32. The van der Waals surface area contributed by atoms with Gasteiger partial charge in [0.15, 0.2) is 0 Å². The molecule has 2 unspecified atom stereocenters. The number of piperidine rings is 1. The lowest BCUT2D eigenvalue weighted by Gasteiger charge is -2.34. The van der Waals surface area contributed by atoms with E-state index in [1.54, 1.807) is 0 Å². The van der Waals surface area contributed by atoms with Crippen LogP contribution in [0.4, 0.5) is 0 Å². The molecule has 3 aliphatic heterocycles. The van der Waals surface area contributed by atoms with E-state index in [1.807, 2.05) is 28.0 Å². The first-order valence-corrected chi connectivity index (χ1v) is 12.2. The molecule has 0 bridgehead atoms. The Morgan fingerprint density at radius 1 is 1.00 bits per heavy atom. The second-order valence-electron chi connectivity index (χ2n) is 9.54. The van der Waals surface area contributed by atoms with Crippen LogP contribution in [0.2, 0.25) is 0 Å². The lowest BCUT2D eigenvalue weighted by Crippen LogP contribution is -2.43. The van der Waals surface area contributed by atoms with Crippen molar-refractivity contribution in [2.45, 2.75) is 63.8 Å². The van der Waals surface area contributed by atoms with Crippen LogP contribution in [-0.4, -0.2) is 62.6 Å². The maximum absolute atomic E-state index is 13.3. The van der Waals surface area contributed by atoms with Crippen LogP contribution >= 0.6 is 0 Å². The number of nitrogens with zero attached hydrogens (tertiary/aromatic N) is 5. The SMILES string of the molecule is O=C1CC(C(=O)N2CCCC(c3nnc4n3CCCCC4)C2)CN1CCc1ccccc1. The van der Waals surface area contributed by atoms with Crippen LogP contribution in [0, 0.1) is 5.92 Å². The quantitative estimate of drug-likeness (QED) is 0.724. The van der Waals surface area contributed by atoms with E-state index in [0.29, 0.717) is 26.1 Å². The summed E-state index contributed by atoms with van der Waals surface area (Å²) in [6.07, 6.45) is 7.82. The number of aryl methyl sites for hydroxylation is 1. The Kier molecular flexibility index (Phi) is 6.23. The summed E-state index contributed by atoms with van der Waals surface area (Å²) in [6.45, 7) is 3.71. The van der Waals surface area contributed by atoms with Crippen LogP contribution in [0.5, 0.6) is 0 Å². The van der Waals surface area contributed by atoms with Gasteiger partial charge in [-0.2, -0.15) is 0 Å². The first-order valence-electron chi connectivity index (χ1n) is 12.2. The number of likely N-dealkylation sites (tertiary alicyclic amines) is 2. The van der Waals surface area contributed by atoms with E-state index < -0.39 is 0 Å². The maximum Gasteiger partial charge on any atom is 0.228 e. The zero-order valence-corrected chi connectivity index (χ0v) is 18.8. The molecular formula is C25H33N5O2. The molecule has 170 valence electrons. The largest absolute Gasteiger partial charge is 0.342 e. The fourth-order valence-corrected chi connectivity index (χ4v) is 5.52. The lowest BCUT2D eigenvalue weighted by atomic mass is 9.95. The average molecular weight is 436 g/mol. The predicted molar refractivity (Wildman–Crippen MR) is 121 cm³/mol. The van der Waals surface area contributed by atoms with Crippen molar-refractivity contribution >= 4 is 11.8 Å². The first kappa shape index (κ1) is 21.2. The van der Waals surface area contributed by atoms with Gasteiger partial charge in [-0.25, -0.2) is 0 Å². The monoisotopic (exact) mass is 435 g/mol. The minimum Gasteiger partial charge on any atom is -0.342 e. The highest BCUT2D eigenvalue weighted by molar-refractivity contribution is 5.89. The van der Waals surface area contributed by atoms with Crippen LogP contribution in [-0.2, 0) is 29.0 Å². The molecule has 0 N–H and O–H groups in total. The molecule has 2 amide bonds. The van der Waals surface area contributed by atoms with Gasteiger partial charge in [0, 0.05) is 51.5 Å². The maximum atomic E-state index is 13.3. The van der Waals surface area contributed by atoms with Gasteiger partial charge in [0.25, 0.3) is 0 Å². The standard InChI is InChI=1S/C25H33N5O2/c31-23-16-21(18-28(23)15-12-19-8-3-1-4-9-19)25(32)29-13-7-10-20(17-29)24-27-26-22-11-5-2-6-14-30(22)24/h1,3-4,8-9,20-21H,2,5-7,10-18H2. The highest BCUT2D eigenvalue weighted by Crippen LogP contribution is 2.30. The zero-order chi connectivity index (χ0) is 21.9. The van der Waals surface area contributed by atoms with E-state index in [2.05, 4.69) is 26.9 Å². The molecule has 7 heteroatoms. The minimum atomic E-state index is -0.215. The van der Waals surface area contributed by atoms with E-state index in [0.717, 1.165) is 50.4 Å². The van der Waals surface area contributed by atoms with Crippen molar-refractivity contribution in [1.82, 2.24) is 24.6 Å². The molecule has 0 aliphatic carbocycles. The molecule has 2 atom stereocenters. The molecule has 0 radical (unpaired) electrons. The Morgan fingerprint density at radius 3 is 2.75 bits per heavy atom. The second-order valence-corrected chi connectivity index (χ2v) is 9.54. The molecule has 1 aromatic heterocycles. The van der Waals surface area contributed by atoms with Crippen molar-refractivity contribution in [3.8, 4) is 0 Å². The summed E-state index contributed by atoms with van der Waals surface area (Å²) in [4.78, 5) is 29.8. The van der Waals surface area contributed by atoms with Crippen LogP contribution in [0.3, 0.4) is 0 Å². The average Bonchev–Trinajstić information content (AvgIpc) is 3.33. The van der Waals surface area contributed by atoms with Gasteiger partial charge >= 0.3 is 0 Å². The summed E-state index contributed by atoms with van der Waals surface area (Å²) in [5.74, 6) is 2.45. The fourth-order valence-electron chi connectivity index (χ4n) is 5.52. The van der Waals surface area contributed by atoms with Gasteiger partial charge in [-0.15, -0.1) is 10.2 Å². The van der Waals surface area contributed by atoms with Gasteiger partial charge in [0.05, 0.1) is 5.92 Å². The van der Waals surface area contributed by atoms with E-state index >= 15 is 0 Å². The number of benzene rings is 1. The molecule has 2 aromatic rings. The predicted octanol–water partition coefficient (Wildman–Crippen LogP) is 2.80. The Balaban J connectivity index is 1.20. The number of hydrogen-bond acceptors (Lipinski definition) is 4. The molecule has 5 rings (SSSR count). The normalized spacial score (nSPS) is 23.8. The van der Waals surface area contributed by atoms with Gasteiger partial charge in [0.1, 0.15) is 11.6 Å². The fraction of sp³-hybridized carbons (Fsp3) is 0.600. The van der Waals surface area contributed by atoms with E-state index in [-0.39, 0.29) is 23.7 Å². The number of fused-ring (bicyclic) bond motifs is 1. The van der Waals surface area contributed by atoms with Crippen LogP contribution in [0.15, 0.2) is 30.3 Å². The van der Waals surface area contributed by atoms with Crippen LogP contribution in [0.1, 0.15) is 61.7 Å². The third-order valence-corrected chi connectivity index (χ3v) is 7.31. The molecule has 2 saturated heterocycles. The minimum absolute atomic E-state index is 0.107. The van der Waals surface area contributed by atoms with Crippen molar-refractivity contribution in [1.29, 1.82) is 0 Å². The molecule has 3 aliphatic rings. The highest BCUT2D eigenvalue weighted by Gasteiger charge is 2.38. The van der Waals surface area contributed by atoms with Crippen LogP contribution in [0.25, 0.3) is 0 Å². The number of hydrogen-bond donors (Lipinski definition) is 0. The Hall–Kier alpha value is -2.70. The Morgan fingerprint density at radius 2 is 1.88 bits per heavy atom. The molecular weight excluding hydrogens is 402 g/mol. The Bertz CT molecular complexity index is 956. The Labute approximate surface area is 189 Å². The molecule has 2 fully saturated rings. The summed E-state index contributed by atoms with van der Waals surface area (Å²) in [7, 11) is 0. The molecule has 0 spiro atoms. The molecule has 32 heavy (non-hydrogen) atoms. The molecule has 1 aromatic carbocycles. The topological polar surface area (TPSA) is 71.3 Å². The summed E-state index contributed by atoms with van der Waals surface area (Å²) in [5, 5.41) is 9.01. The van der Waals surface area contributed by atoms with Gasteiger partial charge in [-0.1, -0.05) is 36.8 Å². The second kappa shape index (κ2) is 9.43. The number of amides is 2. The van der Waals surface area contributed by atoms with Gasteiger partial charge in [-0.3, -0.25) is 9.59 Å². The van der Waals surface area contributed by atoms with E-state index in [4.69, 9.17) is 0 Å². The zero-order valence-electron chi connectivity index (χ0n) is 18.8. The van der Waals surface area contributed by atoms with Crippen molar-refractivity contribution in [3.05, 3.63) is 47.5 Å². The number of aromatic nitrogens is 3. The first-order chi connectivity index (χ1) is 15.7. The summed E-state index contributed by atoms with van der Waals surface area (Å²) in [6, 6.07) is 10.2.